The molecule has 0 aliphatic carbocycles. The Hall–Kier alpha value is -1.09. The third kappa shape index (κ3) is 4.97. The fraction of sp³-hybridized carbons (Fsp3) is 0.773. The molecule has 1 fully saturated rings. The third-order valence-electron chi connectivity index (χ3n) is 6.15. The minimum Gasteiger partial charge on any atom is -0.459 e. The van der Waals surface area contributed by atoms with Crippen LogP contribution >= 0.6 is 0 Å². The summed E-state index contributed by atoms with van der Waals surface area (Å²) < 4.78 is 12.5. The third-order valence-corrected chi connectivity index (χ3v) is 6.15. The highest BCUT2D eigenvalue weighted by molar-refractivity contribution is 5.66. The van der Waals surface area contributed by atoms with E-state index in [-0.39, 0.29) is 17.7 Å². The standard InChI is InChI=1S/C22H36O3/c1-16(2)22-13-12-18(4)9-7-8-17(3)10-11-20(24-19(5)23)21(6,25-22)14-15-22/h8,12,16,20H,7,9-11,13-15H2,1-6H3/b17-8-,18-12-/t20-,21-,22+/m1/s1. The zero-order valence-electron chi connectivity index (χ0n) is 17.0. The predicted molar refractivity (Wildman–Crippen MR) is 102 cm³/mol. The zero-order chi connectivity index (χ0) is 18.7. The first-order chi connectivity index (χ1) is 11.7. The topological polar surface area (TPSA) is 35.5 Å². The van der Waals surface area contributed by atoms with Gasteiger partial charge in [0.15, 0.2) is 0 Å². The number of hydrogen-bond acceptors (Lipinski definition) is 3. The quantitative estimate of drug-likeness (QED) is 0.471. The summed E-state index contributed by atoms with van der Waals surface area (Å²) in [6.45, 7) is 12.6. The van der Waals surface area contributed by atoms with Crippen molar-refractivity contribution in [2.24, 2.45) is 5.92 Å². The van der Waals surface area contributed by atoms with E-state index in [1.165, 1.54) is 18.1 Å². The summed E-state index contributed by atoms with van der Waals surface area (Å²) in [5.74, 6) is 0.222. The number of carbonyl (C=O) groups excluding carboxylic acids is 1. The molecule has 0 aromatic heterocycles. The highest BCUT2D eigenvalue weighted by atomic mass is 16.6. The molecule has 0 aromatic carbocycles. The number of fused-ring (bicyclic) bond motifs is 2. The van der Waals surface area contributed by atoms with E-state index < -0.39 is 5.60 Å². The van der Waals surface area contributed by atoms with Gasteiger partial charge in [0.1, 0.15) is 11.7 Å². The van der Waals surface area contributed by atoms with Crippen LogP contribution < -0.4 is 0 Å². The van der Waals surface area contributed by atoms with Crippen molar-refractivity contribution >= 4 is 5.97 Å². The van der Waals surface area contributed by atoms with E-state index in [9.17, 15) is 4.79 Å². The summed E-state index contributed by atoms with van der Waals surface area (Å²) in [5.41, 5.74) is 2.27. The second-order valence-corrected chi connectivity index (χ2v) is 8.61. The lowest BCUT2D eigenvalue weighted by molar-refractivity contribution is -0.186. The van der Waals surface area contributed by atoms with Gasteiger partial charge < -0.3 is 9.47 Å². The highest BCUT2D eigenvalue weighted by Gasteiger charge is 2.52. The first-order valence-corrected chi connectivity index (χ1v) is 9.85. The Morgan fingerprint density at radius 1 is 1.20 bits per heavy atom. The van der Waals surface area contributed by atoms with Gasteiger partial charge in [-0.05, 0) is 71.6 Å². The van der Waals surface area contributed by atoms with Gasteiger partial charge >= 0.3 is 5.97 Å². The molecule has 0 spiro atoms. The average molecular weight is 349 g/mol. The highest BCUT2D eigenvalue weighted by Crippen LogP contribution is 2.48. The van der Waals surface area contributed by atoms with Crippen molar-refractivity contribution in [1.82, 2.24) is 0 Å². The molecule has 0 unspecified atom stereocenters. The molecule has 0 saturated carbocycles. The van der Waals surface area contributed by atoms with E-state index >= 15 is 0 Å². The Kier molecular flexibility index (Phi) is 6.53. The van der Waals surface area contributed by atoms with Crippen LogP contribution in [0, 0.1) is 5.92 Å². The summed E-state index contributed by atoms with van der Waals surface area (Å²) in [5, 5.41) is 0. The number of esters is 1. The van der Waals surface area contributed by atoms with Gasteiger partial charge in [0, 0.05) is 6.92 Å². The van der Waals surface area contributed by atoms with Crippen molar-refractivity contribution in [3.05, 3.63) is 23.3 Å². The molecule has 0 radical (unpaired) electrons. The van der Waals surface area contributed by atoms with Gasteiger partial charge in [0.05, 0.1) is 5.60 Å². The van der Waals surface area contributed by atoms with E-state index in [2.05, 4.69) is 46.8 Å². The smallest absolute Gasteiger partial charge is 0.303 e. The normalized spacial score (nSPS) is 38.6. The first-order valence-electron chi connectivity index (χ1n) is 9.85. The molecule has 2 rings (SSSR count). The number of ether oxygens (including phenoxy) is 2. The molecule has 3 heteroatoms. The Bertz CT molecular complexity index is 545. The number of rotatable bonds is 2. The SMILES string of the molecule is CC(=O)O[C@@H]1CC/C(C)=C\CC/C(C)=C\C[C@@]2(C(C)C)CC[C@@]1(C)O2. The molecule has 25 heavy (non-hydrogen) atoms. The predicted octanol–water partition coefficient (Wildman–Crippen LogP) is 5.74. The molecule has 2 heterocycles. The van der Waals surface area contributed by atoms with Gasteiger partial charge in [-0.15, -0.1) is 0 Å². The molecule has 1 saturated heterocycles. The first kappa shape index (κ1) is 20.2. The molecule has 0 N–H and O–H groups in total. The Balaban J connectivity index is 2.35. The lowest BCUT2D eigenvalue weighted by Gasteiger charge is -2.39. The van der Waals surface area contributed by atoms with E-state index in [0.717, 1.165) is 44.9 Å². The Morgan fingerprint density at radius 3 is 2.52 bits per heavy atom. The van der Waals surface area contributed by atoms with Crippen LogP contribution in [0.15, 0.2) is 23.3 Å². The molecule has 2 aliphatic heterocycles. The lowest BCUT2D eigenvalue weighted by Crippen LogP contribution is -2.46. The minimum atomic E-state index is -0.397. The van der Waals surface area contributed by atoms with Crippen LogP contribution in [-0.4, -0.2) is 23.3 Å². The second kappa shape index (κ2) is 8.07. The van der Waals surface area contributed by atoms with E-state index in [4.69, 9.17) is 9.47 Å². The monoisotopic (exact) mass is 348 g/mol. The lowest BCUT2D eigenvalue weighted by atomic mass is 9.82. The van der Waals surface area contributed by atoms with E-state index in [1.54, 1.807) is 0 Å². The summed E-state index contributed by atoms with van der Waals surface area (Å²) in [4.78, 5) is 11.7. The number of hydrogen-bond donors (Lipinski definition) is 0. The van der Waals surface area contributed by atoms with Crippen molar-refractivity contribution in [1.29, 1.82) is 0 Å². The zero-order valence-corrected chi connectivity index (χ0v) is 17.0. The molecular weight excluding hydrogens is 312 g/mol. The van der Waals surface area contributed by atoms with Crippen molar-refractivity contribution in [2.75, 3.05) is 0 Å². The van der Waals surface area contributed by atoms with E-state index in [0.29, 0.717) is 5.92 Å². The maximum absolute atomic E-state index is 11.7. The molecular formula is C22H36O3. The second-order valence-electron chi connectivity index (χ2n) is 8.61. The Morgan fingerprint density at radius 2 is 1.88 bits per heavy atom. The van der Waals surface area contributed by atoms with Crippen molar-refractivity contribution in [2.45, 2.75) is 104 Å². The van der Waals surface area contributed by atoms with Crippen molar-refractivity contribution in [3.8, 4) is 0 Å². The van der Waals surface area contributed by atoms with Gasteiger partial charge in [-0.3, -0.25) is 4.79 Å². The summed E-state index contributed by atoms with van der Waals surface area (Å²) >= 11 is 0. The summed E-state index contributed by atoms with van der Waals surface area (Å²) in [6, 6.07) is 0. The molecule has 0 amide bonds. The Labute approximate surface area is 153 Å². The fourth-order valence-electron chi connectivity index (χ4n) is 4.18. The van der Waals surface area contributed by atoms with Gasteiger partial charge in [0.2, 0.25) is 0 Å². The van der Waals surface area contributed by atoms with Gasteiger partial charge in [-0.2, -0.15) is 0 Å². The van der Waals surface area contributed by atoms with Crippen LogP contribution in [0.25, 0.3) is 0 Å². The molecule has 142 valence electrons. The average Bonchev–Trinajstić information content (AvgIpc) is 2.88. The molecule has 3 atom stereocenters. The van der Waals surface area contributed by atoms with Crippen molar-refractivity contribution < 1.29 is 14.3 Å². The van der Waals surface area contributed by atoms with Crippen LogP contribution in [0.3, 0.4) is 0 Å². The van der Waals surface area contributed by atoms with Crippen LogP contribution in [-0.2, 0) is 14.3 Å². The van der Waals surface area contributed by atoms with Crippen LogP contribution in [0.4, 0.5) is 0 Å². The van der Waals surface area contributed by atoms with E-state index in [1.807, 2.05) is 0 Å². The largest absolute Gasteiger partial charge is 0.459 e. The fourth-order valence-corrected chi connectivity index (χ4v) is 4.18. The van der Waals surface area contributed by atoms with Gasteiger partial charge in [-0.25, -0.2) is 0 Å². The maximum atomic E-state index is 11.7. The van der Waals surface area contributed by atoms with Gasteiger partial charge in [-0.1, -0.05) is 37.1 Å². The molecule has 2 bridgehead atoms. The van der Waals surface area contributed by atoms with Gasteiger partial charge in [0.25, 0.3) is 0 Å². The molecule has 2 aliphatic rings. The van der Waals surface area contributed by atoms with Crippen molar-refractivity contribution in [3.63, 3.8) is 0 Å². The summed E-state index contributed by atoms with van der Waals surface area (Å²) in [7, 11) is 0. The van der Waals surface area contributed by atoms with Crippen LogP contribution in [0.1, 0.15) is 86.5 Å². The summed E-state index contributed by atoms with van der Waals surface area (Å²) in [6.07, 6.45) is 11.4. The molecule has 3 nitrogen and oxygen atoms in total. The van der Waals surface area contributed by atoms with Crippen LogP contribution in [0.5, 0.6) is 0 Å². The molecule has 0 aromatic rings. The number of allylic oxidation sites excluding steroid dienone is 3. The number of carbonyl (C=O) groups is 1. The van der Waals surface area contributed by atoms with Crippen LogP contribution in [0.2, 0.25) is 0 Å². The maximum Gasteiger partial charge on any atom is 0.303 e. The minimum absolute atomic E-state index is 0.148.